The van der Waals surface area contributed by atoms with E-state index < -0.39 is 11.7 Å². The first-order valence-electron chi connectivity index (χ1n) is 9.38. The summed E-state index contributed by atoms with van der Waals surface area (Å²) in [6.07, 6.45) is 4.58. The van der Waals surface area contributed by atoms with Crippen molar-refractivity contribution < 1.29 is 13.2 Å². The van der Waals surface area contributed by atoms with Gasteiger partial charge in [-0.05, 0) is 55.8 Å². The molecule has 1 saturated carbocycles. The maximum absolute atomic E-state index is 12.7. The average molecular weight is 363 g/mol. The van der Waals surface area contributed by atoms with E-state index in [4.69, 9.17) is 0 Å². The maximum atomic E-state index is 12.7. The third kappa shape index (κ3) is 4.11. The van der Waals surface area contributed by atoms with Crippen molar-refractivity contribution in [3.05, 3.63) is 53.6 Å². The van der Waals surface area contributed by atoms with E-state index in [1.807, 2.05) is 6.20 Å². The Bertz CT molecular complexity index is 732. The first-order chi connectivity index (χ1) is 12.5. The summed E-state index contributed by atoms with van der Waals surface area (Å²) in [5.41, 5.74) is 0.347. The van der Waals surface area contributed by atoms with Crippen LogP contribution in [0.5, 0.6) is 0 Å². The van der Waals surface area contributed by atoms with Crippen molar-refractivity contribution in [3.63, 3.8) is 0 Å². The van der Waals surface area contributed by atoms with Gasteiger partial charge in [-0.3, -0.25) is 4.90 Å². The summed E-state index contributed by atoms with van der Waals surface area (Å²) in [6, 6.07) is 5.55. The highest BCUT2D eigenvalue weighted by molar-refractivity contribution is 5.24. The molecule has 1 atom stereocenters. The van der Waals surface area contributed by atoms with Crippen LogP contribution in [0, 0.1) is 5.92 Å². The summed E-state index contributed by atoms with van der Waals surface area (Å²) >= 11 is 0. The van der Waals surface area contributed by atoms with E-state index in [1.54, 1.807) is 12.1 Å². The van der Waals surface area contributed by atoms with Gasteiger partial charge in [0.15, 0.2) is 0 Å². The molecule has 0 spiro atoms. The standard InChI is InChI=1S/C20H24F3N3/c21-20(22,23)18-7-5-15(6-8-18)12-25-10-1-2-17(14-25)19-24-9-11-26(19)13-16-3-4-16/h5-9,11,16-17H,1-4,10,12-14H2. The summed E-state index contributed by atoms with van der Waals surface area (Å²) in [7, 11) is 0. The SMILES string of the molecule is FC(F)(F)c1ccc(CN2CCCC(c3nccn3CC3CC3)C2)cc1. The number of rotatable bonds is 5. The van der Waals surface area contributed by atoms with E-state index in [0.717, 1.165) is 44.0 Å². The lowest BCUT2D eigenvalue weighted by molar-refractivity contribution is -0.137. The van der Waals surface area contributed by atoms with Crippen LogP contribution in [-0.4, -0.2) is 27.5 Å². The molecular formula is C20H24F3N3. The third-order valence-corrected chi connectivity index (χ3v) is 5.46. The lowest BCUT2D eigenvalue weighted by Gasteiger charge is -2.32. The van der Waals surface area contributed by atoms with Gasteiger partial charge >= 0.3 is 6.18 Å². The Kier molecular flexibility index (Phi) is 4.78. The number of aromatic nitrogens is 2. The Labute approximate surface area is 151 Å². The van der Waals surface area contributed by atoms with Crippen LogP contribution in [0.25, 0.3) is 0 Å². The molecule has 0 radical (unpaired) electrons. The minimum absolute atomic E-state index is 0.409. The molecule has 1 saturated heterocycles. The first kappa shape index (κ1) is 17.6. The molecule has 3 nitrogen and oxygen atoms in total. The van der Waals surface area contributed by atoms with Crippen molar-refractivity contribution >= 4 is 0 Å². The number of piperidine rings is 1. The monoisotopic (exact) mass is 363 g/mol. The Hall–Kier alpha value is -1.82. The molecule has 1 aliphatic carbocycles. The van der Waals surface area contributed by atoms with Crippen molar-refractivity contribution in [3.8, 4) is 0 Å². The van der Waals surface area contributed by atoms with Crippen LogP contribution in [0.2, 0.25) is 0 Å². The molecule has 2 heterocycles. The molecule has 2 aliphatic rings. The molecule has 0 N–H and O–H groups in total. The zero-order chi connectivity index (χ0) is 18.1. The number of hydrogen-bond acceptors (Lipinski definition) is 2. The molecule has 2 aromatic rings. The molecule has 4 rings (SSSR count). The molecule has 2 fully saturated rings. The molecule has 0 amide bonds. The number of hydrogen-bond donors (Lipinski definition) is 0. The van der Waals surface area contributed by atoms with Crippen molar-refractivity contribution in [2.75, 3.05) is 13.1 Å². The minimum Gasteiger partial charge on any atom is -0.334 e. The van der Waals surface area contributed by atoms with E-state index in [-0.39, 0.29) is 0 Å². The van der Waals surface area contributed by atoms with Gasteiger partial charge in [0.25, 0.3) is 0 Å². The second kappa shape index (κ2) is 7.06. The van der Waals surface area contributed by atoms with Gasteiger partial charge in [-0.1, -0.05) is 12.1 Å². The summed E-state index contributed by atoms with van der Waals surface area (Å²) in [5.74, 6) is 2.40. The highest BCUT2D eigenvalue weighted by Gasteiger charge is 2.30. The van der Waals surface area contributed by atoms with Gasteiger partial charge < -0.3 is 4.57 Å². The molecule has 1 aromatic heterocycles. The van der Waals surface area contributed by atoms with Crippen LogP contribution in [0.15, 0.2) is 36.7 Å². The fourth-order valence-electron chi connectivity index (χ4n) is 3.88. The lowest BCUT2D eigenvalue weighted by atomic mass is 9.96. The number of benzene rings is 1. The van der Waals surface area contributed by atoms with E-state index in [1.165, 1.54) is 30.8 Å². The number of nitrogens with zero attached hydrogens (tertiary/aromatic N) is 3. The van der Waals surface area contributed by atoms with Crippen molar-refractivity contribution in [1.82, 2.24) is 14.5 Å². The topological polar surface area (TPSA) is 21.1 Å². The van der Waals surface area contributed by atoms with Crippen molar-refractivity contribution in [1.29, 1.82) is 0 Å². The Morgan fingerprint density at radius 1 is 1.08 bits per heavy atom. The fourth-order valence-corrected chi connectivity index (χ4v) is 3.88. The molecule has 6 heteroatoms. The number of imidazole rings is 1. The lowest BCUT2D eigenvalue weighted by Crippen LogP contribution is -2.35. The summed E-state index contributed by atoms with van der Waals surface area (Å²) in [6.45, 7) is 3.67. The van der Waals surface area contributed by atoms with Crippen LogP contribution in [-0.2, 0) is 19.3 Å². The molecule has 26 heavy (non-hydrogen) atoms. The quantitative estimate of drug-likeness (QED) is 0.768. The molecule has 0 bridgehead atoms. The normalized spacial score (nSPS) is 21.9. The second-order valence-corrected chi connectivity index (χ2v) is 7.65. The van der Waals surface area contributed by atoms with Crippen molar-refractivity contribution in [2.24, 2.45) is 5.92 Å². The van der Waals surface area contributed by atoms with Crippen molar-refractivity contribution in [2.45, 2.75) is 50.9 Å². The van der Waals surface area contributed by atoms with Gasteiger partial charge in [0.1, 0.15) is 5.82 Å². The highest BCUT2D eigenvalue weighted by Crippen LogP contribution is 2.33. The Morgan fingerprint density at radius 2 is 1.85 bits per heavy atom. The fraction of sp³-hybridized carbons (Fsp3) is 0.550. The molecule has 1 aromatic carbocycles. The summed E-state index contributed by atoms with van der Waals surface area (Å²) in [4.78, 5) is 6.95. The van der Waals surface area contributed by atoms with E-state index in [9.17, 15) is 13.2 Å². The maximum Gasteiger partial charge on any atom is 0.416 e. The predicted octanol–water partition coefficient (Wildman–Crippen LogP) is 4.69. The Morgan fingerprint density at radius 3 is 2.54 bits per heavy atom. The van der Waals surface area contributed by atoms with Crippen LogP contribution in [0.4, 0.5) is 13.2 Å². The van der Waals surface area contributed by atoms with E-state index in [0.29, 0.717) is 12.5 Å². The zero-order valence-electron chi connectivity index (χ0n) is 14.8. The minimum atomic E-state index is -4.27. The number of halogens is 3. The summed E-state index contributed by atoms with van der Waals surface area (Å²) < 4.78 is 40.4. The van der Waals surface area contributed by atoms with Gasteiger partial charge in [-0.25, -0.2) is 4.98 Å². The van der Waals surface area contributed by atoms with Gasteiger partial charge in [-0.2, -0.15) is 13.2 Å². The van der Waals surface area contributed by atoms with E-state index >= 15 is 0 Å². The van der Waals surface area contributed by atoms with Crippen LogP contribution < -0.4 is 0 Å². The van der Waals surface area contributed by atoms with Crippen LogP contribution in [0.1, 0.15) is 48.6 Å². The zero-order valence-corrected chi connectivity index (χ0v) is 14.8. The molecular weight excluding hydrogens is 339 g/mol. The van der Waals surface area contributed by atoms with Gasteiger partial charge in [0.2, 0.25) is 0 Å². The molecule has 1 unspecified atom stereocenters. The molecule has 140 valence electrons. The Balaban J connectivity index is 1.40. The van der Waals surface area contributed by atoms with Gasteiger partial charge in [0.05, 0.1) is 5.56 Å². The third-order valence-electron chi connectivity index (χ3n) is 5.46. The largest absolute Gasteiger partial charge is 0.416 e. The summed E-state index contributed by atoms with van der Waals surface area (Å²) in [5, 5.41) is 0. The molecule has 1 aliphatic heterocycles. The van der Waals surface area contributed by atoms with E-state index in [2.05, 4.69) is 20.6 Å². The number of alkyl halides is 3. The van der Waals surface area contributed by atoms with Crippen LogP contribution in [0.3, 0.4) is 0 Å². The number of likely N-dealkylation sites (tertiary alicyclic amines) is 1. The smallest absolute Gasteiger partial charge is 0.334 e. The second-order valence-electron chi connectivity index (χ2n) is 7.65. The average Bonchev–Trinajstić information content (AvgIpc) is 3.30. The van der Waals surface area contributed by atoms with Crippen LogP contribution >= 0.6 is 0 Å². The predicted molar refractivity (Wildman–Crippen MR) is 93.6 cm³/mol. The van der Waals surface area contributed by atoms with Gasteiger partial charge in [-0.15, -0.1) is 0 Å². The first-order valence-corrected chi connectivity index (χ1v) is 9.38. The van der Waals surface area contributed by atoms with Gasteiger partial charge in [0, 0.05) is 37.9 Å². The highest BCUT2D eigenvalue weighted by atomic mass is 19.4.